The van der Waals surface area contributed by atoms with E-state index in [0.717, 1.165) is 10.9 Å². The molecule has 6 nitrogen and oxygen atoms in total. The van der Waals surface area contributed by atoms with Crippen molar-refractivity contribution in [3.8, 4) is 23.0 Å². The molecule has 0 heterocycles. The van der Waals surface area contributed by atoms with Crippen molar-refractivity contribution in [1.29, 1.82) is 0 Å². The normalized spacial score (nSPS) is 11.3. The van der Waals surface area contributed by atoms with Crippen LogP contribution in [0, 0.1) is 0 Å². The molecule has 4 rings (SSSR count). The summed E-state index contributed by atoms with van der Waals surface area (Å²) in [6.07, 6.45) is 1.31. The zero-order valence-electron chi connectivity index (χ0n) is 17.7. The number of phenols is 3. The second-order valence-corrected chi connectivity index (χ2v) is 7.40. The van der Waals surface area contributed by atoms with E-state index in [1.54, 1.807) is 12.1 Å². The number of hydrogen-bond donors (Lipinski definition) is 3. The lowest BCUT2D eigenvalue weighted by Gasteiger charge is -2.10. The Labute approximate surface area is 186 Å². The number of aromatic hydroxyl groups is 3. The highest BCUT2D eigenvalue weighted by molar-refractivity contribution is 5.97. The molecule has 0 aliphatic heterocycles. The van der Waals surface area contributed by atoms with Crippen molar-refractivity contribution < 1.29 is 20.1 Å². The van der Waals surface area contributed by atoms with Gasteiger partial charge in [0.15, 0.2) is 5.75 Å². The lowest BCUT2D eigenvalue weighted by molar-refractivity contribution is 0.344. The molecule has 162 valence electrons. The summed E-state index contributed by atoms with van der Waals surface area (Å²) in [6.45, 7) is 2.42. The molecule has 0 atom stereocenters. The lowest BCUT2D eigenvalue weighted by Crippen LogP contribution is -1.92. The van der Waals surface area contributed by atoms with Crippen molar-refractivity contribution in [2.75, 3.05) is 6.61 Å². The second-order valence-electron chi connectivity index (χ2n) is 7.40. The van der Waals surface area contributed by atoms with E-state index >= 15 is 0 Å². The van der Waals surface area contributed by atoms with E-state index in [1.807, 2.05) is 55.5 Å². The van der Waals surface area contributed by atoms with Gasteiger partial charge in [0.25, 0.3) is 0 Å². The van der Waals surface area contributed by atoms with Gasteiger partial charge in [0, 0.05) is 16.8 Å². The average Bonchev–Trinajstić information content (AvgIpc) is 2.81. The maximum Gasteiger partial charge on any atom is 0.151 e. The number of rotatable bonds is 7. The van der Waals surface area contributed by atoms with E-state index in [0.29, 0.717) is 47.5 Å². The molecule has 0 spiro atoms. The van der Waals surface area contributed by atoms with Gasteiger partial charge in [0.05, 0.1) is 12.3 Å². The van der Waals surface area contributed by atoms with Crippen molar-refractivity contribution in [2.24, 2.45) is 10.2 Å². The highest BCUT2D eigenvalue weighted by atomic mass is 16.5. The Morgan fingerprint density at radius 1 is 0.781 bits per heavy atom. The van der Waals surface area contributed by atoms with Crippen molar-refractivity contribution in [3.05, 3.63) is 83.9 Å². The van der Waals surface area contributed by atoms with Gasteiger partial charge in [-0.25, -0.2) is 0 Å². The average molecular weight is 428 g/mol. The van der Waals surface area contributed by atoms with Gasteiger partial charge in [-0.05, 0) is 61.2 Å². The first kappa shape index (κ1) is 21.2. The van der Waals surface area contributed by atoms with Crippen LogP contribution >= 0.6 is 0 Å². The zero-order valence-corrected chi connectivity index (χ0v) is 17.7. The van der Waals surface area contributed by atoms with Crippen molar-refractivity contribution in [3.63, 3.8) is 0 Å². The summed E-state index contributed by atoms with van der Waals surface area (Å²) in [5, 5.41) is 40.1. The van der Waals surface area contributed by atoms with E-state index in [-0.39, 0.29) is 17.2 Å². The third-order valence-electron chi connectivity index (χ3n) is 5.21. The fraction of sp³-hybridized carbons (Fsp3) is 0.154. The lowest BCUT2D eigenvalue weighted by atomic mass is 10.0. The number of benzene rings is 4. The SMILES string of the molecule is CCOc1cc(N=Nc2ccc(CCc3cc(O)ccc3O)cc2)c(O)c2ccccc12. The standard InChI is InChI=1S/C26H24N2O4/c1-2-32-25-16-23(26(31)22-6-4-3-5-21(22)25)28-27-19-11-8-17(9-12-19)7-10-18-15-20(29)13-14-24(18)30/h3-6,8-9,11-16,29-31H,2,7,10H2,1H3. The molecular weight excluding hydrogens is 404 g/mol. The minimum absolute atomic E-state index is 0.0651. The molecule has 0 saturated heterocycles. The van der Waals surface area contributed by atoms with E-state index in [2.05, 4.69) is 10.2 Å². The van der Waals surface area contributed by atoms with Crippen LogP contribution in [-0.4, -0.2) is 21.9 Å². The Bertz CT molecular complexity index is 1270. The van der Waals surface area contributed by atoms with E-state index in [4.69, 9.17) is 4.74 Å². The van der Waals surface area contributed by atoms with Gasteiger partial charge < -0.3 is 20.1 Å². The third kappa shape index (κ3) is 4.64. The maximum absolute atomic E-state index is 10.6. The summed E-state index contributed by atoms with van der Waals surface area (Å²) in [4.78, 5) is 0. The molecule has 0 aliphatic carbocycles. The Kier molecular flexibility index (Phi) is 6.22. The van der Waals surface area contributed by atoms with Gasteiger partial charge in [-0.3, -0.25) is 0 Å². The van der Waals surface area contributed by atoms with Crippen LogP contribution in [0.5, 0.6) is 23.0 Å². The van der Waals surface area contributed by atoms with Gasteiger partial charge in [0.2, 0.25) is 0 Å². The molecule has 0 aliphatic rings. The number of phenolic OH excluding ortho intramolecular Hbond substituents is 3. The van der Waals surface area contributed by atoms with E-state index in [9.17, 15) is 15.3 Å². The quantitative estimate of drug-likeness (QED) is 0.230. The van der Waals surface area contributed by atoms with Crippen LogP contribution in [0.15, 0.2) is 83.0 Å². The van der Waals surface area contributed by atoms with Crippen LogP contribution in [0.3, 0.4) is 0 Å². The fourth-order valence-electron chi connectivity index (χ4n) is 3.56. The molecule has 0 fully saturated rings. The van der Waals surface area contributed by atoms with Gasteiger partial charge in [-0.2, -0.15) is 5.11 Å². The van der Waals surface area contributed by atoms with Crippen molar-refractivity contribution in [1.82, 2.24) is 0 Å². The molecule has 3 N–H and O–H groups in total. The van der Waals surface area contributed by atoms with Crippen molar-refractivity contribution >= 4 is 22.1 Å². The molecular formula is C26H24N2O4. The predicted molar refractivity (Wildman–Crippen MR) is 125 cm³/mol. The molecule has 32 heavy (non-hydrogen) atoms. The Hall–Kier alpha value is -4.06. The number of ether oxygens (including phenoxy) is 1. The summed E-state index contributed by atoms with van der Waals surface area (Å²) >= 11 is 0. The smallest absolute Gasteiger partial charge is 0.151 e. The van der Waals surface area contributed by atoms with E-state index in [1.165, 1.54) is 12.1 Å². The molecule has 0 amide bonds. The topological polar surface area (TPSA) is 94.6 Å². The molecule has 0 bridgehead atoms. The van der Waals surface area contributed by atoms with Gasteiger partial charge >= 0.3 is 0 Å². The molecule has 4 aromatic carbocycles. The number of fused-ring (bicyclic) bond motifs is 1. The molecule has 0 radical (unpaired) electrons. The minimum Gasteiger partial charge on any atom is -0.508 e. The summed E-state index contributed by atoms with van der Waals surface area (Å²) in [7, 11) is 0. The number of hydrogen-bond acceptors (Lipinski definition) is 6. The number of azo groups is 1. The van der Waals surface area contributed by atoms with Crippen LogP contribution < -0.4 is 4.74 Å². The highest BCUT2D eigenvalue weighted by Gasteiger charge is 2.12. The van der Waals surface area contributed by atoms with Gasteiger partial charge in [-0.15, -0.1) is 5.11 Å². The second kappa shape index (κ2) is 9.39. The Morgan fingerprint density at radius 2 is 1.53 bits per heavy atom. The van der Waals surface area contributed by atoms with Crippen LogP contribution in [0.1, 0.15) is 18.1 Å². The minimum atomic E-state index is 0.0651. The first-order chi connectivity index (χ1) is 15.5. The van der Waals surface area contributed by atoms with Gasteiger partial charge in [-0.1, -0.05) is 36.4 Å². The van der Waals surface area contributed by atoms with Crippen LogP contribution in [0.2, 0.25) is 0 Å². The summed E-state index contributed by atoms with van der Waals surface area (Å²) < 4.78 is 5.72. The monoisotopic (exact) mass is 428 g/mol. The first-order valence-corrected chi connectivity index (χ1v) is 10.4. The third-order valence-corrected chi connectivity index (χ3v) is 5.21. The fourth-order valence-corrected chi connectivity index (χ4v) is 3.56. The number of aryl methyl sites for hydroxylation is 2. The summed E-state index contributed by atoms with van der Waals surface area (Å²) in [5.41, 5.74) is 2.76. The van der Waals surface area contributed by atoms with Crippen LogP contribution in [-0.2, 0) is 12.8 Å². The molecule has 0 unspecified atom stereocenters. The molecule has 0 aromatic heterocycles. The number of nitrogens with zero attached hydrogens (tertiary/aromatic N) is 2. The van der Waals surface area contributed by atoms with E-state index < -0.39 is 0 Å². The highest BCUT2D eigenvalue weighted by Crippen LogP contribution is 2.41. The predicted octanol–water partition coefficient (Wildman–Crippen LogP) is 6.56. The molecule has 6 heteroatoms. The Balaban J connectivity index is 1.51. The molecule has 0 saturated carbocycles. The van der Waals surface area contributed by atoms with Gasteiger partial charge in [0.1, 0.15) is 22.9 Å². The summed E-state index contributed by atoms with van der Waals surface area (Å²) in [5.74, 6) is 1.03. The first-order valence-electron chi connectivity index (χ1n) is 10.4. The maximum atomic E-state index is 10.6. The summed E-state index contributed by atoms with van der Waals surface area (Å²) in [6, 6.07) is 21.3. The zero-order chi connectivity index (χ0) is 22.5. The van der Waals surface area contributed by atoms with Crippen LogP contribution in [0.4, 0.5) is 11.4 Å². The Morgan fingerprint density at radius 3 is 2.28 bits per heavy atom. The van der Waals surface area contributed by atoms with Crippen LogP contribution in [0.25, 0.3) is 10.8 Å². The largest absolute Gasteiger partial charge is 0.508 e. The molecule has 4 aromatic rings. The van der Waals surface area contributed by atoms with Crippen molar-refractivity contribution in [2.45, 2.75) is 19.8 Å².